The molecule has 1 fully saturated rings. The predicted molar refractivity (Wildman–Crippen MR) is 138 cm³/mol. The van der Waals surface area contributed by atoms with Crippen molar-refractivity contribution < 1.29 is 19.4 Å². The molecule has 2 heterocycles. The molecule has 0 radical (unpaired) electrons. The molecule has 0 bridgehead atoms. The number of nitrogens with one attached hydrogen (secondary N) is 1. The molecule has 0 amide bonds. The molecule has 35 heavy (non-hydrogen) atoms. The molecular formula is C25H29N5O4S. The van der Waals surface area contributed by atoms with Gasteiger partial charge in [-0.1, -0.05) is 24.3 Å². The van der Waals surface area contributed by atoms with Gasteiger partial charge < -0.3 is 19.9 Å². The largest absolute Gasteiger partial charge is 0.497 e. The van der Waals surface area contributed by atoms with Gasteiger partial charge in [-0.15, -0.1) is 10.2 Å². The molecule has 0 aliphatic carbocycles. The van der Waals surface area contributed by atoms with Crippen molar-refractivity contribution in [2.45, 2.75) is 26.4 Å². The van der Waals surface area contributed by atoms with Crippen molar-refractivity contribution in [1.29, 1.82) is 0 Å². The van der Waals surface area contributed by atoms with Gasteiger partial charge in [-0.25, -0.2) is 0 Å². The highest BCUT2D eigenvalue weighted by molar-refractivity contribution is 7.80. The number of azo groups is 1. The number of thiocarbonyl (C=S) groups is 1. The lowest BCUT2D eigenvalue weighted by atomic mass is 9.97. The van der Waals surface area contributed by atoms with E-state index in [9.17, 15) is 9.90 Å². The minimum Gasteiger partial charge on any atom is -0.497 e. The normalized spacial score (nSPS) is 14.9. The highest BCUT2D eigenvalue weighted by Gasteiger charge is 2.27. The Hall–Kier alpha value is -3.50. The van der Waals surface area contributed by atoms with Gasteiger partial charge in [0.15, 0.2) is 5.69 Å². The summed E-state index contributed by atoms with van der Waals surface area (Å²) >= 11 is 5.32. The third-order valence-corrected chi connectivity index (χ3v) is 6.21. The summed E-state index contributed by atoms with van der Waals surface area (Å²) in [4.78, 5) is 14.2. The number of hydrogen-bond donors (Lipinski definition) is 2. The number of piperidine rings is 1. The van der Waals surface area contributed by atoms with E-state index in [1.807, 2.05) is 54.0 Å². The van der Waals surface area contributed by atoms with Crippen molar-refractivity contribution in [2.24, 2.45) is 16.1 Å². The number of benzene rings is 2. The molecule has 1 saturated heterocycles. The van der Waals surface area contributed by atoms with E-state index < -0.39 is 0 Å². The SMILES string of the molecule is CCOC(=O)C1CCN(Cn2c(O)c(N=NC(=S)Nc3cccc(OC)c3)c3ccccc32)CC1. The zero-order valence-electron chi connectivity index (χ0n) is 19.8. The number of nitrogens with zero attached hydrogens (tertiary/aromatic N) is 4. The van der Waals surface area contributed by atoms with Crippen LogP contribution < -0.4 is 10.1 Å². The Kier molecular flexibility index (Phi) is 7.94. The van der Waals surface area contributed by atoms with Crippen LogP contribution in [0.4, 0.5) is 11.4 Å². The molecule has 1 aliphatic heterocycles. The Morgan fingerprint density at radius 2 is 1.97 bits per heavy atom. The van der Waals surface area contributed by atoms with Crippen LogP contribution in [0, 0.1) is 5.92 Å². The van der Waals surface area contributed by atoms with Gasteiger partial charge >= 0.3 is 5.97 Å². The molecule has 1 aliphatic rings. The Morgan fingerprint density at radius 3 is 2.71 bits per heavy atom. The Bertz CT molecular complexity index is 1230. The lowest BCUT2D eigenvalue weighted by Crippen LogP contribution is -2.37. The number of esters is 1. The lowest BCUT2D eigenvalue weighted by Gasteiger charge is -2.31. The first kappa shape index (κ1) is 24.6. The van der Waals surface area contributed by atoms with E-state index in [2.05, 4.69) is 20.4 Å². The number of para-hydroxylation sites is 1. The predicted octanol–water partition coefficient (Wildman–Crippen LogP) is 5.07. The molecule has 0 unspecified atom stereocenters. The number of methoxy groups -OCH3 is 1. The van der Waals surface area contributed by atoms with Gasteiger partial charge in [-0.2, -0.15) is 0 Å². The lowest BCUT2D eigenvalue weighted by molar-refractivity contribution is -0.149. The maximum atomic E-state index is 12.0. The minimum atomic E-state index is -0.123. The molecular weight excluding hydrogens is 466 g/mol. The second kappa shape index (κ2) is 11.3. The Labute approximate surface area is 209 Å². The molecule has 2 N–H and O–H groups in total. The highest BCUT2D eigenvalue weighted by atomic mass is 32.1. The summed E-state index contributed by atoms with van der Waals surface area (Å²) < 4.78 is 12.2. The molecule has 0 atom stereocenters. The van der Waals surface area contributed by atoms with Crippen molar-refractivity contribution in [1.82, 2.24) is 9.47 Å². The van der Waals surface area contributed by atoms with Gasteiger partial charge in [0.25, 0.3) is 0 Å². The first-order valence-corrected chi connectivity index (χ1v) is 12.0. The first-order valence-electron chi connectivity index (χ1n) is 11.6. The number of ether oxygens (including phenoxy) is 2. The highest BCUT2D eigenvalue weighted by Crippen LogP contribution is 2.39. The van der Waals surface area contributed by atoms with E-state index in [0.29, 0.717) is 24.7 Å². The number of carbonyl (C=O) groups is 1. The molecule has 4 rings (SSSR count). The molecule has 10 heteroatoms. The fourth-order valence-corrected chi connectivity index (χ4v) is 4.39. The van der Waals surface area contributed by atoms with Crippen LogP contribution in [0.15, 0.2) is 58.8 Å². The third-order valence-electron chi connectivity index (χ3n) is 6.03. The second-order valence-corrected chi connectivity index (χ2v) is 8.65. The summed E-state index contributed by atoms with van der Waals surface area (Å²) in [5.74, 6) is 0.527. The molecule has 1 aromatic heterocycles. The number of hydrogen-bond acceptors (Lipinski definition) is 7. The van der Waals surface area contributed by atoms with Crippen LogP contribution in [-0.4, -0.2) is 52.5 Å². The number of fused-ring (bicyclic) bond motifs is 1. The molecule has 0 spiro atoms. The van der Waals surface area contributed by atoms with E-state index in [1.54, 1.807) is 13.2 Å². The summed E-state index contributed by atoms with van der Waals surface area (Å²) in [7, 11) is 1.60. The zero-order valence-corrected chi connectivity index (χ0v) is 20.6. The number of aromatic nitrogens is 1. The van der Waals surface area contributed by atoms with E-state index in [1.165, 1.54) is 0 Å². The zero-order chi connectivity index (χ0) is 24.8. The Balaban J connectivity index is 1.49. The quantitative estimate of drug-likeness (QED) is 0.268. The van der Waals surface area contributed by atoms with Crippen molar-refractivity contribution in [2.75, 3.05) is 32.1 Å². The molecule has 9 nitrogen and oxygen atoms in total. The van der Waals surface area contributed by atoms with Crippen LogP contribution in [-0.2, 0) is 16.2 Å². The fourth-order valence-electron chi connectivity index (χ4n) is 4.23. The Morgan fingerprint density at radius 1 is 1.20 bits per heavy atom. The van der Waals surface area contributed by atoms with Crippen molar-refractivity contribution in [3.05, 3.63) is 48.5 Å². The van der Waals surface area contributed by atoms with Crippen LogP contribution in [0.1, 0.15) is 19.8 Å². The van der Waals surface area contributed by atoms with Crippen LogP contribution >= 0.6 is 12.2 Å². The molecule has 3 aromatic rings. The summed E-state index contributed by atoms with van der Waals surface area (Å²) in [6.07, 6.45) is 1.46. The molecule has 184 valence electrons. The van der Waals surface area contributed by atoms with Crippen LogP contribution in [0.25, 0.3) is 10.9 Å². The van der Waals surface area contributed by atoms with Crippen LogP contribution in [0.2, 0.25) is 0 Å². The minimum absolute atomic E-state index is 0.0200. The van der Waals surface area contributed by atoms with Crippen LogP contribution in [0.3, 0.4) is 0 Å². The monoisotopic (exact) mass is 495 g/mol. The maximum absolute atomic E-state index is 12.0. The van der Waals surface area contributed by atoms with Crippen molar-refractivity contribution in [3.63, 3.8) is 0 Å². The van der Waals surface area contributed by atoms with E-state index in [0.717, 1.165) is 42.5 Å². The number of carbonyl (C=O) groups excluding carboxylic acids is 1. The van der Waals surface area contributed by atoms with E-state index in [-0.39, 0.29) is 22.9 Å². The molecule has 0 saturated carbocycles. The van der Waals surface area contributed by atoms with E-state index in [4.69, 9.17) is 21.7 Å². The van der Waals surface area contributed by atoms with Gasteiger partial charge in [-0.3, -0.25) is 14.3 Å². The molecule has 2 aromatic carbocycles. The number of anilines is 1. The van der Waals surface area contributed by atoms with E-state index >= 15 is 0 Å². The van der Waals surface area contributed by atoms with Crippen molar-refractivity contribution >= 4 is 45.6 Å². The summed E-state index contributed by atoms with van der Waals surface area (Å²) in [5, 5.41) is 23.4. The van der Waals surface area contributed by atoms with Gasteiger partial charge in [0.1, 0.15) is 5.75 Å². The average Bonchev–Trinajstić information content (AvgIpc) is 3.14. The summed E-state index contributed by atoms with van der Waals surface area (Å²) in [6, 6.07) is 15.0. The third kappa shape index (κ3) is 5.77. The fraction of sp³-hybridized carbons (Fsp3) is 0.360. The van der Waals surface area contributed by atoms with Crippen LogP contribution in [0.5, 0.6) is 11.6 Å². The number of likely N-dealkylation sites (tertiary alicyclic amines) is 1. The number of rotatable bonds is 7. The summed E-state index contributed by atoms with van der Waals surface area (Å²) in [6.45, 7) is 4.17. The van der Waals surface area contributed by atoms with Crippen molar-refractivity contribution in [3.8, 4) is 11.6 Å². The number of aromatic hydroxyl groups is 1. The topological polar surface area (TPSA) is 101 Å². The maximum Gasteiger partial charge on any atom is 0.309 e. The smallest absolute Gasteiger partial charge is 0.309 e. The average molecular weight is 496 g/mol. The van der Waals surface area contributed by atoms with Gasteiger partial charge in [0.05, 0.1) is 31.8 Å². The summed E-state index contributed by atoms with van der Waals surface area (Å²) in [5.41, 5.74) is 1.93. The van der Waals surface area contributed by atoms with Gasteiger partial charge in [0, 0.05) is 30.2 Å². The first-order chi connectivity index (χ1) is 17.0. The van der Waals surface area contributed by atoms with Gasteiger partial charge in [-0.05, 0) is 50.2 Å². The standard InChI is InChI=1S/C25H29N5O4S/c1-3-34-24(32)17-11-13-29(14-12-17)16-30-21-10-5-4-9-20(21)22(23(30)31)27-28-25(35)26-18-7-6-8-19(15-18)33-2/h4-10,15,17,31H,3,11-14,16H2,1-2H3,(H,26,35). The van der Waals surface area contributed by atoms with Gasteiger partial charge in [0.2, 0.25) is 11.0 Å². The second-order valence-electron chi connectivity index (χ2n) is 8.27.